The zero-order chi connectivity index (χ0) is 10.2. The maximum atomic E-state index is 9.78. The number of ether oxygens (including phenoxy) is 1. The quantitative estimate of drug-likeness (QED) is 0.406. The maximum Gasteiger partial charge on any atom is 0.219 e. The summed E-state index contributed by atoms with van der Waals surface area (Å²) in [7, 11) is 0. The Morgan fingerprint density at radius 2 is 2.21 bits per heavy atom. The van der Waals surface area contributed by atoms with Gasteiger partial charge < -0.3 is 4.74 Å². The van der Waals surface area contributed by atoms with Gasteiger partial charge in [-0.3, -0.25) is 0 Å². The van der Waals surface area contributed by atoms with Crippen molar-refractivity contribution in [2.45, 2.75) is 0 Å². The van der Waals surface area contributed by atoms with Crippen molar-refractivity contribution in [1.82, 2.24) is 0 Å². The van der Waals surface area contributed by atoms with Crippen LogP contribution >= 0.6 is 0 Å². The SMILES string of the molecule is O=NCOc1cccc(/C=N/N=O)c1. The lowest BCUT2D eigenvalue weighted by molar-refractivity contribution is 0.329. The fourth-order valence-electron chi connectivity index (χ4n) is 0.876. The van der Waals surface area contributed by atoms with E-state index in [9.17, 15) is 9.81 Å². The highest BCUT2D eigenvalue weighted by Gasteiger charge is 1.94. The number of nitroso groups, excluding NO2 is 2. The molecule has 0 amide bonds. The van der Waals surface area contributed by atoms with Crippen LogP contribution in [0.5, 0.6) is 5.75 Å². The molecular weight excluding hydrogens is 186 g/mol. The molecule has 1 aromatic rings. The highest BCUT2D eigenvalue weighted by molar-refractivity contribution is 5.79. The summed E-state index contributed by atoms with van der Waals surface area (Å²) in [4.78, 5) is 19.5. The Balaban J connectivity index is 2.72. The summed E-state index contributed by atoms with van der Waals surface area (Å²) < 4.78 is 4.93. The van der Waals surface area contributed by atoms with Crippen molar-refractivity contribution in [3.63, 3.8) is 0 Å². The smallest absolute Gasteiger partial charge is 0.219 e. The van der Waals surface area contributed by atoms with E-state index in [0.29, 0.717) is 11.3 Å². The zero-order valence-corrected chi connectivity index (χ0v) is 7.16. The lowest BCUT2D eigenvalue weighted by atomic mass is 10.2. The van der Waals surface area contributed by atoms with Crippen LogP contribution in [-0.2, 0) is 0 Å². The molecule has 0 bridgehead atoms. The van der Waals surface area contributed by atoms with Gasteiger partial charge in [-0.25, -0.2) is 0 Å². The molecule has 14 heavy (non-hydrogen) atoms. The summed E-state index contributed by atoms with van der Waals surface area (Å²) in [5, 5.41) is 8.05. The van der Waals surface area contributed by atoms with E-state index in [-0.39, 0.29) is 6.73 Å². The van der Waals surface area contributed by atoms with Crippen LogP contribution in [0.2, 0.25) is 0 Å². The van der Waals surface area contributed by atoms with Gasteiger partial charge in [0, 0.05) is 0 Å². The minimum Gasteiger partial charge on any atom is -0.468 e. The third-order valence-electron chi connectivity index (χ3n) is 1.40. The molecule has 0 heterocycles. The molecule has 0 saturated heterocycles. The van der Waals surface area contributed by atoms with Crippen LogP contribution in [-0.4, -0.2) is 12.9 Å². The van der Waals surface area contributed by atoms with Crippen LogP contribution in [0.3, 0.4) is 0 Å². The van der Waals surface area contributed by atoms with E-state index in [1.54, 1.807) is 24.3 Å². The Morgan fingerprint density at radius 3 is 2.93 bits per heavy atom. The van der Waals surface area contributed by atoms with E-state index >= 15 is 0 Å². The van der Waals surface area contributed by atoms with E-state index in [0.717, 1.165) is 0 Å². The Kier molecular flexibility index (Phi) is 3.93. The predicted molar refractivity (Wildman–Crippen MR) is 51.1 cm³/mol. The second kappa shape index (κ2) is 5.52. The molecule has 0 unspecified atom stereocenters. The Morgan fingerprint density at radius 1 is 1.36 bits per heavy atom. The van der Waals surface area contributed by atoms with E-state index in [1.807, 2.05) is 0 Å². The summed E-state index contributed by atoms with van der Waals surface area (Å²) in [5.41, 5.74) is 0.660. The molecule has 1 rings (SSSR count). The van der Waals surface area contributed by atoms with Gasteiger partial charge in [0.15, 0.2) is 0 Å². The number of nitrogens with zero attached hydrogens (tertiary/aromatic N) is 3. The largest absolute Gasteiger partial charge is 0.468 e. The first-order valence-corrected chi connectivity index (χ1v) is 3.74. The fourth-order valence-corrected chi connectivity index (χ4v) is 0.876. The predicted octanol–water partition coefficient (Wildman–Crippen LogP) is 1.89. The molecule has 0 atom stereocenters. The van der Waals surface area contributed by atoms with E-state index in [4.69, 9.17) is 4.74 Å². The number of hydrogen-bond donors (Lipinski definition) is 0. The molecule has 1 aromatic carbocycles. The first kappa shape index (κ1) is 9.97. The normalized spacial score (nSPS) is 10.0. The summed E-state index contributed by atoms with van der Waals surface area (Å²) in [6.07, 6.45) is 1.29. The molecule has 0 N–H and O–H groups in total. The van der Waals surface area contributed by atoms with Gasteiger partial charge in [-0.2, -0.15) is 0 Å². The van der Waals surface area contributed by atoms with Gasteiger partial charge in [-0.1, -0.05) is 12.1 Å². The van der Waals surface area contributed by atoms with Crippen LogP contribution in [0.1, 0.15) is 5.56 Å². The monoisotopic (exact) mass is 193 g/mol. The van der Waals surface area contributed by atoms with Gasteiger partial charge in [0.25, 0.3) is 0 Å². The fraction of sp³-hybridized carbons (Fsp3) is 0.125. The van der Waals surface area contributed by atoms with Crippen LogP contribution in [0, 0.1) is 9.81 Å². The molecule has 0 fully saturated rings. The van der Waals surface area contributed by atoms with Crippen molar-refractivity contribution < 1.29 is 4.74 Å². The molecule has 6 heteroatoms. The lowest BCUT2D eigenvalue weighted by Crippen LogP contribution is -1.93. The summed E-state index contributed by atoms with van der Waals surface area (Å²) >= 11 is 0. The number of benzene rings is 1. The van der Waals surface area contributed by atoms with Crippen molar-refractivity contribution in [2.24, 2.45) is 15.6 Å². The van der Waals surface area contributed by atoms with Crippen molar-refractivity contribution in [3.05, 3.63) is 39.6 Å². The molecule has 0 spiro atoms. The molecule has 72 valence electrons. The second-order valence-electron chi connectivity index (χ2n) is 2.30. The molecule has 0 aliphatic carbocycles. The Hall–Kier alpha value is -2.11. The average Bonchev–Trinajstić information content (AvgIpc) is 2.24. The standard InChI is InChI=1S/C8H7N3O3/c12-10-6-14-8-3-1-2-7(4-8)5-9-11-13/h1-5H,6H2/b9-5+. The van der Waals surface area contributed by atoms with Gasteiger partial charge in [-0.05, 0) is 22.9 Å². The molecule has 6 nitrogen and oxygen atoms in total. The van der Waals surface area contributed by atoms with Crippen LogP contribution < -0.4 is 4.74 Å². The van der Waals surface area contributed by atoms with E-state index in [2.05, 4.69) is 15.6 Å². The van der Waals surface area contributed by atoms with Crippen molar-refractivity contribution in [2.75, 3.05) is 6.73 Å². The Bertz CT molecular complexity index is 351. The van der Waals surface area contributed by atoms with Crippen LogP contribution in [0.25, 0.3) is 0 Å². The first-order valence-electron chi connectivity index (χ1n) is 3.74. The van der Waals surface area contributed by atoms with Crippen molar-refractivity contribution in [1.29, 1.82) is 0 Å². The minimum atomic E-state index is -0.244. The van der Waals surface area contributed by atoms with Gasteiger partial charge >= 0.3 is 0 Å². The lowest BCUT2D eigenvalue weighted by Gasteiger charge is -2.00. The second-order valence-corrected chi connectivity index (χ2v) is 2.30. The molecule has 0 aliphatic heterocycles. The summed E-state index contributed by atoms with van der Waals surface area (Å²) in [6, 6.07) is 6.69. The maximum absolute atomic E-state index is 9.78. The summed E-state index contributed by atoms with van der Waals surface area (Å²) in [6.45, 7) is -0.244. The topological polar surface area (TPSA) is 80.4 Å². The van der Waals surface area contributed by atoms with Gasteiger partial charge in [0.1, 0.15) is 5.75 Å². The molecular formula is C8H7N3O3. The van der Waals surface area contributed by atoms with Crippen molar-refractivity contribution in [3.8, 4) is 5.75 Å². The minimum absolute atomic E-state index is 0.244. The van der Waals surface area contributed by atoms with Crippen LogP contribution in [0.4, 0.5) is 0 Å². The molecule has 0 aliphatic rings. The molecule has 0 saturated carbocycles. The number of rotatable bonds is 5. The third kappa shape index (κ3) is 3.10. The van der Waals surface area contributed by atoms with E-state index in [1.165, 1.54) is 6.21 Å². The zero-order valence-electron chi connectivity index (χ0n) is 7.16. The third-order valence-corrected chi connectivity index (χ3v) is 1.40. The molecule has 0 aromatic heterocycles. The van der Waals surface area contributed by atoms with Gasteiger partial charge in [0.2, 0.25) is 6.73 Å². The first-order chi connectivity index (χ1) is 6.86. The van der Waals surface area contributed by atoms with Gasteiger partial charge in [-0.15, -0.1) is 14.9 Å². The Labute approximate surface area is 79.5 Å². The molecule has 0 radical (unpaired) electrons. The van der Waals surface area contributed by atoms with E-state index < -0.39 is 0 Å². The van der Waals surface area contributed by atoms with Crippen molar-refractivity contribution >= 4 is 6.21 Å². The highest BCUT2D eigenvalue weighted by atomic mass is 16.5. The highest BCUT2D eigenvalue weighted by Crippen LogP contribution is 2.11. The van der Waals surface area contributed by atoms with Gasteiger partial charge in [0.05, 0.1) is 11.5 Å². The van der Waals surface area contributed by atoms with Crippen LogP contribution in [0.15, 0.2) is 39.8 Å². The number of hydrogen-bond acceptors (Lipinski definition) is 5. The summed E-state index contributed by atoms with van der Waals surface area (Å²) in [5.74, 6) is 0.486. The average molecular weight is 193 g/mol.